The SMILES string of the molecule is Nc1ncccc1[C@H](N)C(F)(F)C(F)(F)F. The highest BCUT2D eigenvalue weighted by Crippen LogP contribution is 2.43. The van der Waals surface area contributed by atoms with E-state index >= 15 is 0 Å². The Morgan fingerprint density at radius 2 is 1.75 bits per heavy atom. The number of hydrogen-bond donors (Lipinski definition) is 2. The molecule has 1 aromatic heterocycles. The summed E-state index contributed by atoms with van der Waals surface area (Å²) in [5, 5.41) is 0. The van der Waals surface area contributed by atoms with Gasteiger partial charge in [-0.25, -0.2) is 4.98 Å². The van der Waals surface area contributed by atoms with Crippen molar-refractivity contribution in [1.29, 1.82) is 0 Å². The number of nitrogens with two attached hydrogens (primary N) is 2. The molecule has 0 radical (unpaired) electrons. The number of hydrogen-bond acceptors (Lipinski definition) is 3. The van der Waals surface area contributed by atoms with Crippen LogP contribution >= 0.6 is 0 Å². The Morgan fingerprint density at radius 3 is 2.19 bits per heavy atom. The zero-order valence-electron chi connectivity index (χ0n) is 7.80. The molecule has 1 rings (SSSR count). The van der Waals surface area contributed by atoms with Crippen LogP contribution < -0.4 is 11.5 Å². The maximum Gasteiger partial charge on any atom is 0.455 e. The van der Waals surface area contributed by atoms with Crippen LogP contribution in [-0.2, 0) is 0 Å². The summed E-state index contributed by atoms with van der Waals surface area (Å²) < 4.78 is 61.7. The summed E-state index contributed by atoms with van der Waals surface area (Å²) >= 11 is 0. The van der Waals surface area contributed by atoms with E-state index in [4.69, 9.17) is 11.5 Å². The van der Waals surface area contributed by atoms with Crippen molar-refractivity contribution in [1.82, 2.24) is 4.98 Å². The third kappa shape index (κ3) is 2.06. The van der Waals surface area contributed by atoms with Crippen molar-refractivity contribution in [2.24, 2.45) is 5.73 Å². The summed E-state index contributed by atoms with van der Waals surface area (Å²) in [6.45, 7) is 0. The van der Waals surface area contributed by atoms with Gasteiger partial charge in [0.1, 0.15) is 11.9 Å². The van der Waals surface area contributed by atoms with Crippen LogP contribution in [0.15, 0.2) is 18.3 Å². The Morgan fingerprint density at radius 1 is 1.19 bits per heavy atom. The summed E-state index contributed by atoms with van der Waals surface area (Å²) in [7, 11) is 0. The van der Waals surface area contributed by atoms with Gasteiger partial charge in [-0.15, -0.1) is 0 Å². The number of nitrogen functional groups attached to an aromatic ring is 1. The fourth-order valence-corrected chi connectivity index (χ4v) is 1.06. The van der Waals surface area contributed by atoms with Crippen molar-refractivity contribution < 1.29 is 22.0 Å². The average molecular weight is 241 g/mol. The van der Waals surface area contributed by atoms with Crippen LogP contribution in [0.1, 0.15) is 11.6 Å². The van der Waals surface area contributed by atoms with Crippen molar-refractivity contribution in [3.63, 3.8) is 0 Å². The molecule has 0 saturated heterocycles. The van der Waals surface area contributed by atoms with Gasteiger partial charge in [-0.2, -0.15) is 22.0 Å². The number of halogens is 5. The van der Waals surface area contributed by atoms with E-state index < -0.39 is 29.5 Å². The second kappa shape index (κ2) is 3.85. The molecule has 0 saturated carbocycles. The first-order valence-electron chi connectivity index (χ1n) is 4.08. The smallest absolute Gasteiger partial charge is 0.383 e. The molecule has 0 aromatic carbocycles. The third-order valence-corrected chi connectivity index (χ3v) is 1.97. The lowest BCUT2D eigenvalue weighted by Crippen LogP contribution is -2.46. The second-order valence-corrected chi connectivity index (χ2v) is 3.08. The lowest BCUT2D eigenvalue weighted by Gasteiger charge is -2.26. The van der Waals surface area contributed by atoms with Gasteiger partial charge in [0.15, 0.2) is 0 Å². The largest absolute Gasteiger partial charge is 0.455 e. The minimum absolute atomic E-state index is 0.445. The second-order valence-electron chi connectivity index (χ2n) is 3.08. The highest BCUT2D eigenvalue weighted by Gasteiger charge is 2.62. The van der Waals surface area contributed by atoms with Crippen LogP contribution in [0.4, 0.5) is 27.8 Å². The number of anilines is 1. The molecule has 90 valence electrons. The van der Waals surface area contributed by atoms with E-state index in [1.54, 1.807) is 0 Å². The maximum atomic E-state index is 12.9. The topological polar surface area (TPSA) is 64.9 Å². The molecule has 4 N–H and O–H groups in total. The van der Waals surface area contributed by atoms with Gasteiger partial charge >= 0.3 is 12.1 Å². The van der Waals surface area contributed by atoms with Crippen LogP contribution in [0.25, 0.3) is 0 Å². The summed E-state index contributed by atoms with van der Waals surface area (Å²) in [4.78, 5) is 3.39. The van der Waals surface area contributed by atoms with Crippen molar-refractivity contribution in [3.8, 4) is 0 Å². The van der Waals surface area contributed by atoms with Gasteiger partial charge in [-0.3, -0.25) is 0 Å². The monoisotopic (exact) mass is 241 g/mol. The van der Waals surface area contributed by atoms with Crippen LogP contribution in [0.5, 0.6) is 0 Å². The van der Waals surface area contributed by atoms with E-state index in [1.807, 2.05) is 0 Å². The number of nitrogens with zero attached hydrogens (tertiary/aromatic N) is 1. The number of alkyl halides is 5. The van der Waals surface area contributed by atoms with E-state index in [2.05, 4.69) is 4.98 Å². The predicted octanol–water partition coefficient (Wildman–Crippen LogP) is 1.86. The van der Waals surface area contributed by atoms with Crippen molar-refractivity contribution in [2.45, 2.75) is 18.1 Å². The lowest BCUT2D eigenvalue weighted by atomic mass is 10.0. The first-order valence-corrected chi connectivity index (χ1v) is 4.08. The van der Waals surface area contributed by atoms with Gasteiger partial charge in [-0.1, -0.05) is 6.07 Å². The number of aromatic nitrogens is 1. The molecule has 16 heavy (non-hydrogen) atoms. The summed E-state index contributed by atoms with van der Waals surface area (Å²) in [6, 6.07) is -0.411. The third-order valence-electron chi connectivity index (χ3n) is 1.97. The molecule has 0 fully saturated rings. The van der Waals surface area contributed by atoms with Crippen molar-refractivity contribution >= 4 is 5.82 Å². The average Bonchev–Trinajstić information content (AvgIpc) is 2.15. The van der Waals surface area contributed by atoms with Crippen molar-refractivity contribution in [2.75, 3.05) is 5.73 Å². The van der Waals surface area contributed by atoms with Crippen LogP contribution in [0, 0.1) is 0 Å². The Labute approximate surface area is 87.3 Å². The van der Waals surface area contributed by atoms with Gasteiger partial charge < -0.3 is 11.5 Å². The molecule has 0 aliphatic heterocycles. The zero-order valence-corrected chi connectivity index (χ0v) is 7.80. The van der Waals surface area contributed by atoms with E-state index in [0.717, 1.165) is 12.3 Å². The van der Waals surface area contributed by atoms with Gasteiger partial charge in [0.05, 0.1) is 0 Å². The predicted molar refractivity (Wildman–Crippen MR) is 46.6 cm³/mol. The Kier molecular flexibility index (Phi) is 3.04. The summed E-state index contributed by atoms with van der Waals surface area (Å²) in [6.07, 6.45) is -4.56. The molecule has 0 spiro atoms. The quantitative estimate of drug-likeness (QED) is 0.777. The maximum absolute atomic E-state index is 12.9. The van der Waals surface area contributed by atoms with Crippen LogP contribution in [0.2, 0.25) is 0 Å². The molecule has 3 nitrogen and oxygen atoms in total. The molecular formula is C8H8F5N3. The minimum Gasteiger partial charge on any atom is -0.383 e. The van der Waals surface area contributed by atoms with E-state index in [9.17, 15) is 22.0 Å². The lowest BCUT2D eigenvalue weighted by molar-refractivity contribution is -0.290. The fourth-order valence-electron chi connectivity index (χ4n) is 1.06. The van der Waals surface area contributed by atoms with Gasteiger partial charge in [-0.05, 0) is 6.07 Å². The van der Waals surface area contributed by atoms with E-state index in [-0.39, 0.29) is 0 Å². The molecule has 0 bridgehead atoms. The molecule has 0 aliphatic carbocycles. The highest BCUT2D eigenvalue weighted by molar-refractivity contribution is 5.41. The fraction of sp³-hybridized carbons (Fsp3) is 0.375. The van der Waals surface area contributed by atoms with Crippen LogP contribution in [-0.4, -0.2) is 17.1 Å². The van der Waals surface area contributed by atoms with E-state index in [0.29, 0.717) is 0 Å². The molecule has 8 heteroatoms. The molecule has 1 atom stereocenters. The Bertz CT molecular complexity index is 376. The zero-order chi connectivity index (χ0) is 12.6. The summed E-state index contributed by atoms with van der Waals surface area (Å²) in [5.41, 5.74) is 9.50. The molecule has 1 aromatic rings. The molecule has 0 aliphatic rings. The Balaban J connectivity index is 3.12. The minimum atomic E-state index is -5.73. The van der Waals surface area contributed by atoms with Crippen LogP contribution in [0.3, 0.4) is 0 Å². The van der Waals surface area contributed by atoms with Crippen molar-refractivity contribution in [3.05, 3.63) is 23.9 Å². The number of rotatable bonds is 2. The van der Waals surface area contributed by atoms with Gasteiger partial charge in [0.2, 0.25) is 0 Å². The highest BCUT2D eigenvalue weighted by atomic mass is 19.4. The van der Waals surface area contributed by atoms with Gasteiger partial charge in [0, 0.05) is 11.8 Å². The number of pyridine rings is 1. The first kappa shape index (κ1) is 12.6. The molecule has 0 unspecified atom stereocenters. The Hall–Kier alpha value is -1.44. The standard InChI is InChI=1S/C8H8F5N3/c9-7(10,8(11,12)13)5(14)4-2-1-3-16-6(4)15/h1-3,5H,14H2,(H2,15,16)/t5-/m0/s1. The van der Waals surface area contributed by atoms with Gasteiger partial charge in [0.25, 0.3) is 0 Å². The normalized spacial score (nSPS) is 14.9. The van der Waals surface area contributed by atoms with E-state index in [1.165, 1.54) is 6.07 Å². The molecule has 1 heterocycles. The summed E-state index contributed by atoms with van der Waals surface area (Å²) in [5.74, 6) is -5.50. The molecule has 0 amide bonds. The first-order chi connectivity index (χ1) is 7.18. The molecular weight excluding hydrogens is 233 g/mol.